The first-order valence-corrected chi connectivity index (χ1v) is 8.66. The second-order valence-corrected chi connectivity index (χ2v) is 6.72. The van der Waals surface area contributed by atoms with Crippen LogP contribution in [0.1, 0.15) is 28.5 Å². The summed E-state index contributed by atoms with van der Waals surface area (Å²) >= 11 is 2.40. The van der Waals surface area contributed by atoms with E-state index >= 15 is 0 Å². The Morgan fingerprint density at radius 1 is 0.913 bits per heavy atom. The van der Waals surface area contributed by atoms with Gasteiger partial charge in [-0.15, -0.1) is 0 Å². The Morgan fingerprint density at radius 2 is 1.65 bits per heavy atom. The highest BCUT2D eigenvalue weighted by Gasteiger charge is 2.29. The summed E-state index contributed by atoms with van der Waals surface area (Å²) in [6.45, 7) is 0. The number of hydrogen-bond acceptors (Lipinski definition) is 1. The molecule has 0 saturated carbocycles. The fourth-order valence-electron chi connectivity index (χ4n) is 3.03. The van der Waals surface area contributed by atoms with Crippen molar-refractivity contribution in [2.24, 2.45) is 7.05 Å². The molecule has 1 atom stereocenters. The molecule has 2 heterocycles. The number of aromatic nitrogens is 1. The van der Waals surface area contributed by atoms with Crippen molar-refractivity contribution < 1.29 is 4.74 Å². The van der Waals surface area contributed by atoms with Gasteiger partial charge < -0.3 is 9.30 Å². The van der Waals surface area contributed by atoms with E-state index in [0.29, 0.717) is 0 Å². The van der Waals surface area contributed by atoms with E-state index in [1.54, 1.807) is 0 Å². The van der Waals surface area contributed by atoms with Crippen LogP contribution in [0.25, 0.3) is 9.34 Å². The van der Waals surface area contributed by atoms with E-state index in [2.05, 4.69) is 88.9 Å². The molecule has 114 valence electrons. The molecule has 2 aromatic carbocycles. The van der Waals surface area contributed by atoms with E-state index < -0.39 is 0 Å². The monoisotopic (exact) mass is 413 g/mol. The predicted molar refractivity (Wildman–Crippen MR) is 102 cm³/mol. The van der Waals surface area contributed by atoms with Gasteiger partial charge in [0, 0.05) is 24.4 Å². The maximum atomic E-state index is 6.49. The van der Waals surface area contributed by atoms with Crippen LogP contribution in [0.4, 0.5) is 0 Å². The zero-order valence-corrected chi connectivity index (χ0v) is 14.9. The summed E-state index contributed by atoms with van der Waals surface area (Å²) in [6, 6.07) is 23.0. The fraction of sp³-hybridized carbons (Fsp3) is 0.100. The molecule has 3 aromatic rings. The molecular weight excluding hydrogens is 397 g/mol. The first-order valence-electron chi connectivity index (χ1n) is 7.58. The SMILES string of the molecule is Cn1cccc1C1OC(c2ccccc2)=C(I)c2ccccc21. The molecular formula is C20H16INO. The standard InChI is InChI=1S/C20H16INO/c1-22-13-7-12-17(22)20-16-11-6-5-10-15(16)18(21)19(23-20)14-8-3-2-4-9-14/h2-13,20H,1H3. The number of rotatable bonds is 2. The van der Waals surface area contributed by atoms with Gasteiger partial charge in [-0.05, 0) is 40.3 Å². The van der Waals surface area contributed by atoms with Gasteiger partial charge >= 0.3 is 0 Å². The third kappa shape index (κ3) is 2.49. The lowest BCUT2D eigenvalue weighted by Gasteiger charge is -2.30. The largest absolute Gasteiger partial charge is 0.478 e. The smallest absolute Gasteiger partial charge is 0.164 e. The van der Waals surface area contributed by atoms with Gasteiger partial charge in [-0.3, -0.25) is 0 Å². The van der Waals surface area contributed by atoms with E-state index in [1.165, 1.54) is 11.1 Å². The number of aryl methyl sites for hydroxylation is 1. The summed E-state index contributed by atoms with van der Waals surface area (Å²) in [4.78, 5) is 0. The lowest BCUT2D eigenvalue weighted by Crippen LogP contribution is -2.15. The quantitative estimate of drug-likeness (QED) is 0.513. The van der Waals surface area contributed by atoms with Crippen molar-refractivity contribution in [1.29, 1.82) is 0 Å². The molecule has 1 aliphatic heterocycles. The number of hydrogen-bond donors (Lipinski definition) is 0. The summed E-state index contributed by atoms with van der Waals surface area (Å²) < 4.78 is 9.78. The lowest BCUT2D eigenvalue weighted by molar-refractivity contribution is 0.198. The van der Waals surface area contributed by atoms with Gasteiger partial charge in [-0.1, -0.05) is 54.6 Å². The summed E-state index contributed by atoms with van der Waals surface area (Å²) in [5.41, 5.74) is 4.75. The molecule has 0 amide bonds. The van der Waals surface area contributed by atoms with E-state index in [-0.39, 0.29) is 6.10 Å². The van der Waals surface area contributed by atoms with Gasteiger partial charge in [0.15, 0.2) is 6.10 Å². The minimum atomic E-state index is -0.0834. The van der Waals surface area contributed by atoms with Crippen LogP contribution >= 0.6 is 22.6 Å². The molecule has 1 unspecified atom stereocenters. The van der Waals surface area contributed by atoms with Crippen molar-refractivity contribution in [3.63, 3.8) is 0 Å². The van der Waals surface area contributed by atoms with Crippen LogP contribution in [0.15, 0.2) is 72.9 Å². The predicted octanol–water partition coefficient (Wildman–Crippen LogP) is 5.41. The van der Waals surface area contributed by atoms with Gasteiger partial charge in [-0.25, -0.2) is 0 Å². The minimum absolute atomic E-state index is 0.0834. The van der Waals surface area contributed by atoms with Crippen molar-refractivity contribution in [3.05, 3.63) is 95.3 Å². The number of halogens is 1. The topological polar surface area (TPSA) is 14.2 Å². The molecule has 2 nitrogen and oxygen atoms in total. The van der Waals surface area contributed by atoms with Crippen molar-refractivity contribution in [2.75, 3.05) is 0 Å². The van der Waals surface area contributed by atoms with Gasteiger partial charge in [0.1, 0.15) is 5.76 Å². The summed E-state index contributed by atoms with van der Waals surface area (Å²) in [7, 11) is 2.06. The minimum Gasteiger partial charge on any atom is -0.478 e. The van der Waals surface area contributed by atoms with Gasteiger partial charge in [-0.2, -0.15) is 0 Å². The zero-order chi connectivity index (χ0) is 15.8. The van der Waals surface area contributed by atoms with Gasteiger partial charge in [0.25, 0.3) is 0 Å². The first kappa shape index (κ1) is 14.6. The van der Waals surface area contributed by atoms with Crippen LogP contribution in [-0.4, -0.2) is 4.57 Å². The summed E-state index contributed by atoms with van der Waals surface area (Å²) in [5, 5.41) is 0. The summed E-state index contributed by atoms with van der Waals surface area (Å²) in [6.07, 6.45) is 1.98. The van der Waals surface area contributed by atoms with E-state index in [4.69, 9.17) is 4.74 Å². The van der Waals surface area contributed by atoms with Crippen LogP contribution < -0.4 is 0 Å². The van der Waals surface area contributed by atoms with Crippen molar-refractivity contribution >= 4 is 31.9 Å². The fourth-order valence-corrected chi connectivity index (χ4v) is 3.96. The number of benzene rings is 2. The Kier molecular flexibility index (Phi) is 3.73. The maximum absolute atomic E-state index is 6.49. The highest BCUT2D eigenvalue weighted by molar-refractivity contribution is 14.1. The second kappa shape index (κ2) is 5.89. The average Bonchev–Trinajstić information content (AvgIpc) is 3.02. The third-order valence-electron chi connectivity index (χ3n) is 4.20. The zero-order valence-electron chi connectivity index (χ0n) is 12.7. The highest BCUT2D eigenvalue weighted by atomic mass is 127. The molecule has 0 spiro atoms. The second-order valence-electron chi connectivity index (χ2n) is 5.64. The van der Waals surface area contributed by atoms with Crippen molar-refractivity contribution in [1.82, 2.24) is 4.57 Å². The lowest BCUT2D eigenvalue weighted by atomic mass is 9.95. The Balaban J connectivity index is 1.91. The first-order chi connectivity index (χ1) is 11.3. The Labute approximate surface area is 149 Å². The van der Waals surface area contributed by atoms with E-state index in [1.807, 2.05) is 18.2 Å². The maximum Gasteiger partial charge on any atom is 0.164 e. The molecule has 0 saturated heterocycles. The third-order valence-corrected chi connectivity index (χ3v) is 5.27. The number of nitrogens with zero attached hydrogens (tertiary/aromatic N) is 1. The molecule has 3 heteroatoms. The molecule has 4 rings (SSSR count). The summed E-state index contributed by atoms with van der Waals surface area (Å²) in [5.74, 6) is 0.955. The number of fused-ring (bicyclic) bond motifs is 1. The van der Waals surface area contributed by atoms with E-state index in [0.717, 1.165) is 20.6 Å². The normalized spacial score (nSPS) is 16.9. The molecule has 1 aromatic heterocycles. The van der Waals surface area contributed by atoms with Crippen molar-refractivity contribution in [2.45, 2.75) is 6.10 Å². The Hall–Kier alpha value is -2.01. The van der Waals surface area contributed by atoms with Crippen LogP contribution in [0.3, 0.4) is 0 Å². The molecule has 0 radical (unpaired) electrons. The van der Waals surface area contributed by atoms with E-state index in [9.17, 15) is 0 Å². The highest BCUT2D eigenvalue weighted by Crippen LogP contribution is 2.45. The Bertz CT molecular complexity index is 879. The van der Waals surface area contributed by atoms with Crippen LogP contribution in [-0.2, 0) is 11.8 Å². The Morgan fingerprint density at radius 3 is 2.39 bits per heavy atom. The van der Waals surface area contributed by atoms with Crippen LogP contribution in [0.2, 0.25) is 0 Å². The molecule has 0 N–H and O–H groups in total. The van der Waals surface area contributed by atoms with Gasteiger partial charge in [0.2, 0.25) is 0 Å². The molecule has 0 bridgehead atoms. The number of ether oxygens (including phenoxy) is 1. The molecule has 0 fully saturated rings. The van der Waals surface area contributed by atoms with Gasteiger partial charge in [0.05, 0.1) is 9.27 Å². The van der Waals surface area contributed by atoms with Crippen molar-refractivity contribution in [3.8, 4) is 0 Å². The average molecular weight is 413 g/mol. The molecule has 0 aliphatic carbocycles. The molecule has 1 aliphatic rings. The van der Waals surface area contributed by atoms with Crippen LogP contribution in [0.5, 0.6) is 0 Å². The molecule has 23 heavy (non-hydrogen) atoms. The van der Waals surface area contributed by atoms with Crippen LogP contribution in [0, 0.1) is 0 Å².